The van der Waals surface area contributed by atoms with E-state index in [4.69, 9.17) is 5.73 Å². The molecule has 0 atom stereocenters. The molecule has 0 radical (unpaired) electrons. The summed E-state index contributed by atoms with van der Waals surface area (Å²) in [6, 6.07) is 0. The van der Waals surface area contributed by atoms with Crippen LogP contribution in [0.15, 0.2) is 6.20 Å². The number of nitrogens with two attached hydrogens (primary N) is 1. The molecule has 0 saturated heterocycles. The first kappa shape index (κ1) is 12.1. The van der Waals surface area contributed by atoms with Crippen molar-refractivity contribution in [3.8, 4) is 0 Å². The fraction of sp³-hybridized carbons (Fsp3) is 0.667. The molecule has 7 heteroatoms. The molecule has 2 fully saturated rings. The summed E-state index contributed by atoms with van der Waals surface area (Å²) in [6.07, 6.45) is 6.03. The second-order valence-corrected chi connectivity index (χ2v) is 5.49. The van der Waals surface area contributed by atoms with Crippen LogP contribution in [0.4, 0.5) is 17.5 Å². The molecule has 1 aromatic rings. The van der Waals surface area contributed by atoms with Crippen molar-refractivity contribution in [3.05, 3.63) is 16.3 Å². The second kappa shape index (κ2) is 4.64. The van der Waals surface area contributed by atoms with E-state index in [9.17, 15) is 10.1 Å². The molecule has 1 heterocycles. The van der Waals surface area contributed by atoms with Gasteiger partial charge >= 0.3 is 5.69 Å². The first-order chi connectivity index (χ1) is 9.13. The highest BCUT2D eigenvalue weighted by Gasteiger charge is 2.33. The molecule has 7 nitrogen and oxygen atoms in total. The SMILES string of the molecule is Nc1ncc([N+](=O)[O-])c(N(CC2CC2)CC2CC2)n1. The van der Waals surface area contributed by atoms with E-state index in [1.54, 1.807) is 0 Å². The fourth-order valence-electron chi connectivity index (χ4n) is 2.21. The van der Waals surface area contributed by atoms with Gasteiger partial charge in [0.2, 0.25) is 11.8 Å². The molecule has 0 aliphatic heterocycles. The molecule has 19 heavy (non-hydrogen) atoms. The molecule has 2 saturated carbocycles. The predicted octanol–water partition coefficient (Wildman–Crippen LogP) is 1.59. The molecule has 0 bridgehead atoms. The fourth-order valence-corrected chi connectivity index (χ4v) is 2.21. The monoisotopic (exact) mass is 263 g/mol. The first-order valence-electron chi connectivity index (χ1n) is 6.65. The Morgan fingerprint density at radius 1 is 1.32 bits per heavy atom. The van der Waals surface area contributed by atoms with Crippen molar-refractivity contribution in [2.75, 3.05) is 23.7 Å². The minimum Gasteiger partial charge on any atom is -0.368 e. The smallest absolute Gasteiger partial charge is 0.329 e. The molecule has 2 aliphatic rings. The van der Waals surface area contributed by atoms with E-state index in [0.29, 0.717) is 17.7 Å². The van der Waals surface area contributed by atoms with Gasteiger partial charge in [0.15, 0.2) is 0 Å². The number of hydrogen-bond acceptors (Lipinski definition) is 6. The lowest BCUT2D eigenvalue weighted by Gasteiger charge is -2.23. The Kier molecular flexibility index (Phi) is 2.96. The lowest BCUT2D eigenvalue weighted by Crippen LogP contribution is -2.30. The average molecular weight is 263 g/mol. The lowest BCUT2D eigenvalue weighted by molar-refractivity contribution is -0.384. The number of nitro groups is 1. The molecule has 0 aromatic carbocycles. The molecule has 3 rings (SSSR count). The Morgan fingerprint density at radius 3 is 2.37 bits per heavy atom. The third-order valence-corrected chi connectivity index (χ3v) is 3.62. The van der Waals surface area contributed by atoms with E-state index in [2.05, 4.69) is 9.97 Å². The highest BCUT2D eigenvalue weighted by atomic mass is 16.6. The van der Waals surface area contributed by atoms with Gasteiger partial charge in [0, 0.05) is 13.1 Å². The zero-order valence-electron chi connectivity index (χ0n) is 10.7. The Balaban J connectivity index is 1.89. The molecule has 0 unspecified atom stereocenters. The third kappa shape index (κ3) is 2.91. The Labute approximate surface area is 111 Å². The topological polar surface area (TPSA) is 98.2 Å². The molecular formula is C12H17N5O2. The molecule has 0 amide bonds. The van der Waals surface area contributed by atoms with E-state index >= 15 is 0 Å². The molecular weight excluding hydrogens is 246 g/mol. The van der Waals surface area contributed by atoms with Crippen molar-refractivity contribution in [1.29, 1.82) is 0 Å². The third-order valence-electron chi connectivity index (χ3n) is 3.62. The number of nitrogen functional groups attached to an aromatic ring is 1. The van der Waals surface area contributed by atoms with Crippen LogP contribution in [0.3, 0.4) is 0 Å². The van der Waals surface area contributed by atoms with Gasteiger partial charge in [-0.15, -0.1) is 0 Å². The van der Waals surface area contributed by atoms with Crippen molar-refractivity contribution in [2.24, 2.45) is 11.8 Å². The van der Waals surface area contributed by atoms with E-state index in [-0.39, 0.29) is 11.6 Å². The van der Waals surface area contributed by atoms with Crippen LogP contribution in [0.5, 0.6) is 0 Å². The van der Waals surface area contributed by atoms with Crippen molar-refractivity contribution < 1.29 is 4.92 Å². The highest BCUT2D eigenvalue weighted by Crippen LogP contribution is 2.37. The van der Waals surface area contributed by atoms with Crippen LogP contribution in [0.25, 0.3) is 0 Å². The summed E-state index contributed by atoms with van der Waals surface area (Å²) in [5.41, 5.74) is 5.54. The average Bonchev–Trinajstić information content (AvgIpc) is 3.22. The van der Waals surface area contributed by atoms with Gasteiger partial charge in [-0.3, -0.25) is 10.1 Å². The maximum Gasteiger partial charge on any atom is 0.329 e. The van der Waals surface area contributed by atoms with Gasteiger partial charge in [0.25, 0.3) is 0 Å². The van der Waals surface area contributed by atoms with Gasteiger partial charge in [-0.05, 0) is 37.5 Å². The summed E-state index contributed by atoms with van der Waals surface area (Å²) in [6.45, 7) is 1.68. The Morgan fingerprint density at radius 2 is 1.89 bits per heavy atom. The van der Waals surface area contributed by atoms with Crippen molar-refractivity contribution in [2.45, 2.75) is 25.7 Å². The van der Waals surface area contributed by atoms with Crippen LogP contribution in [-0.4, -0.2) is 28.0 Å². The quantitative estimate of drug-likeness (QED) is 0.618. The van der Waals surface area contributed by atoms with E-state index in [1.807, 2.05) is 4.90 Å². The number of aromatic nitrogens is 2. The van der Waals surface area contributed by atoms with Crippen LogP contribution in [0.2, 0.25) is 0 Å². The summed E-state index contributed by atoms with van der Waals surface area (Å²) >= 11 is 0. The summed E-state index contributed by atoms with van der Waals surface area (Å²) in [7, 11) is 0. The van der Waals surface area contributed by atoms with Gasteiger partial charge in [-0.25, -0.2) is 4.98 Å². The van der Waals surface area contributed by atoms with Crippen molar-refractivity contribution in [1.82, 2.24) is 9.97 Å². The summed E-state index contributed by atoms with van der Waals surface area (Å²) in [4.78, 5) is 20.5. The van der Waals surface area contributed by atoms with Crippen LogP contribution in [0.1, 0.15) is 25.7 Å². The zero-order valence-corrected chi connectivity index (χ0v) is 10.7. The number of nitrogens with zero attached hydrogens (tertiary/aromatic N) is 4. The van der Waals surface area contributed by atoms with Crippen molar-refractivity contribution >= 4 is 17.5 Å². The molecule has 0 spiro atoms. The molecule has 2 aliphatic carbocycles. The van der Waals surface area contributed by atoms with Crippen molar-refractivity contribution in [3.63, 3.8) is 0 Å². The zero-order chi connectivity index (χ0) is 13.4. The summed E-state index contributed by atoms with van der Waals surface area (Å²) in [5, 5.41) is 11.1. The number of hydrogen-bond donors (Lipinski definition) is 1. The number of anilines is 2. The molecule has 102 valence electrons. The van der Waals surface area contributed by atoms with Gasteiger partial charge in [0.05, 0.1) is 4.92 Å². The minimum atomic E-state index is -0.429. The van der Waals surface area contributed by atoms with E-state index in [0.717, 1.165) is 13.1 Å². The van der Waals surface area contributed by atoms with Crippen LogP contribution in [-0.2, 0) is 0 Å². The first-order valence-corrected chi connectivity index (χ1v) is 6.65. The molecule has 2 N–H and O–H groups in total. The van der Waals surface area contributed by atoms with Gasteiger partial charge in [-0.1, -0.05) is 0 Å². The van der Waals surface area contributed by atoms with Crippen LogP contribution >= 0.6 is 0 Å². The number of rotatable bonds is 6. The maximum absolute atomic E-state index is 11.1. The minimum absolute atomic E-state index is 0.0458. The maximum atomic E-state index is 11.1. The van der Waals surface area contributed by atoms with Gasteiger partial charge < -0.3 is 10.6 Å². The van der Waals surface area contributed by atoms with Crippen LogP contribution in [0, 0.1) is 22.0 Å². The Hall–Kier alpha value is -1.92. The Bertz CT molecular complexity index is 485. The predicted molar refractivity (Wildman–Crippen MR) is 70.8 cm³/mol. The van der Waals surface area contributed by atoms with Gasteiger partial charge in [-0.2, -0.15) is 4.98 Å². The largest absolute Gasteiger partial charge is 0.368 e. The second-order valence-electron chi connectivity index (χ2n) is 5.49. The highest BCUT2D eigenvalue weighted by molar-refractivity contribution is 5.58. The van der Waals surface area contributed by atoms with E-state index < -0.39 is 4.92 Å². The lowest BCUT2D eigenvalue weighted by atomic mass is 10.3. The standard InChI is InChI=1S/C12H17N5O2/c13-12-14-5-10(17(18)19)11(15-12)16(6-8-1-2-8)7-9-3-4-9/h5,8-9H,1-4,6-7H2,(H2,13,14,15). The van der Waals surface area contributed by atoms with Gasteiger partial charge in [0.1, 0.15) is 6.20 Å². The van der Waals surface area contributed by atoms with Crippen LogP contribution < -0.4 is 10.6 Å². The molecule has 1 aromatic heterocycles. The summed E-state index contributed by atoms with van der Waals surface area (Å²) in [5.74, 6) is 1.78. The summed E-state index contributed by atoms with van der Waals surface area (Å²) < 4.78 is 0. The normalized spacial score (nSPS) is 18.3. The van der Waals surface area contributed by atoms with E-state index in [1.165, 1.54) is 31.9 Å².